The minimum atomic E-state index is -0.429. The normalized spacial score (nSPS) is 10.2. The van der Waals surface area contributed by atoms with E-state index in [1.54, 1.807) is 7.11 Å². The Hall–Kier alpha value is -2.67. The number of nitrogens with zero attached hydrogens (tertiary/aromatic N) is 1. The largest absolute Gasteiger partial charge is 0.497 e. The molecule has 0 unspecified atom stereocenters. The standard InChI is InChI=1S/C20H24N2O4S/c1-22(2)16-6-4-15(5-7-16)12-21-19(23)13-26-20(24)14-27-18-10-8-17(25-3)9-11-18/h4-11H,12-14H2,1-3H3,(H,21,23). The molecule has 0 aliphatic rings. The molecule has 0 saturated heterocycles. The highest BCUT2D eigenvalue weighted by atomic mass is 32.2. The SMILES string of the molecule is COc1ccc(SCC(=O)OCC(=O)NCc2ccc(N(C)C)cc2)cc1. The lowest BCUT2D eigenvalue weighted by Crippen LogP contribution is -2.28. The lowest BCUT2D eigenvalue weighted by molar-refractivity contribution is -0.145. The fourth-order valence-corrected chi connectivity index (χ4v) is 2.86. The van der Waals surface area contributed by atoms with Crippen molar-refractivity contribution in [1.82, 2.24) is 5.32 Å². The lowest BCUT2D eigenvalue weighted by Gasteiger charge is -2.13. The predicted molar refractivity (Wildman–Crippen MR) is 107 cm³/mol. The molecule has 1 N–H and O–H groups in total. The van der Waals surface area contributed by atoms with Crippen LogP contribution < -0.4 is 15.0 Å². The first-order chi connectivity index (χ1) is 13.0. The summed E-state index contributed by atoms with van der Waals surface area (Å²) in [7, 11) is 5.54. The first kappa shape index (κ1) is 20.6. The molecule has 2 aromatic carbocycles. The maximum Gasteiger partial charge on any atom is 0.316 e. The van der Waals surface area contributed by atoms with Gasteiger partial charge in [-0.3, -0.25) is 9.59 Å². The first-order valence-corrected chi connectivity index (χ1v) is 9.42. The van der Waals surface area contributed by atoms with E-state index in [9.17, 15) is 9.59 Å². The van der Waals surface area contributed by atoms with Gasteiger partial charge in [0.05, 0.1) is 12.9 Å². The van der Waals surface area contributed by atoms with Gasteiger partial charge in [0.1, 0.15) is 5.75 Å². The molecule has 2 rings (SSSR count). The highest BCUT2D eigenvalue weighted by Gasteiger charge is 2.08. The molecule has 0 fully saturated rings. The smallest absolute Gasteiger partial charge is 0.316 e. The van der Waals surface area contributed by atoms with Crippen LogP contribution in [0.5, 0.6) is 5.75 Å². The van der Waals surface area contributed by atoms with Crippen molar-refractivity contribution in [3.05, 3.63) is 54.1 Å². The topological polar surface area (TPSA) is 67.9 Å². The molecule has 6 nitrogen and oxygen atoms in total. The van der Waals surface area contributed by atoms with Gasteiger partial charge in [0.25, 0.3) is 5.91 Å². The molecule has 0 saturated carbocycles. The molecule has 0 radical (unpaired) electrons. The molecule has 0 aromatic heterocycles. The molecule has 144 valence electrons. The second kappa shape index (κ2) is 10.5. The van der Waals surface area contributed by atoms with Crippen LogP contribution in [0.15, 0.2) is 53.4 Å². The fourth-order valence-electron chi connectivity index (χ4n) is 2.17. The van der Waals surface area contributed by atoms with E-state index >= 15 is 0 Å². The van der Waals surface area contributed by atoms with Crippen molar-refractivity contribution in [3.63, 3.8) is 0 Å². The van der Waals surface area contributed by atoms with Crippen molar-refractivity contribution in [2.75, 3.05) is 38.5 Å². The number of carbonyl (C=O) groups excluding carboxylic acids is 2. The van der Waals surface area contributed by atoms with Crippen LogP contribution in [0, 0.1) is 0 Å². The van der Waals surface area contributed by atoms with Gasteiger partial charge in [0.2, 0.25) is 0 Å². The molecule has 27 heavy (non-hydrogen) atoms. The number of hydrogen-bond donors (Lipinski definition) is 1. The van der Waals surface area contributed by atoms with Gasteiger partial charge in [0, 0.05) is 31.2 Å². The molecular formula is C20H24N2O4S. The quantitative estimate of drug-likeness (QED) is 0.526. The van der Waals surface area contributed by atoms with Crippen molar-refractivity contribution >= 4 is 29.3 Å². The summed E-state index contributed by atoms with van der Waals surface area (Å²) in [6.45, 7) is 0.114. The maximum atomic E-state index is 11.8. The summed E-state index contributed by atoms with van der Waals surface area (Å²) in [6, 6.07) is 15.3. The van der Waals surface area contributed by atoms with Gasteiger partial charge in [-0.25, -0.2) is 0 Å². The van der Waals surface area contributed by atoms with Crippen molar-refractivity contribution in [2.24, 2.45) is 0 Å². The zero-order chi connectivity index (χ0) is 19.6. The Balaban J connectivity index is 1.66. The number of nitrogens with one attached hydrogen (secondary N) is 1. The van der Waals surface area contributed by atoms with Crippen molar-refractivity contribution in [2.45, 2.75) is 11.4 Å². The molecule has 0 spiro atoms. The van der Waals surface area contributed by atoms with Crippen LogP contribution in [0.3, 0.4) is 0 Å². The average Bonchev–Trinajstić information content (AvgIpc) is 2.69. The number of rotatable bonds is 9. The number of methoxy groups -OCH3 is 1. The Labute approximate surface area is 163 Å². The number of anilines is 1. The highest BCUT2D eigenvalue weighted by molar-refractivity contribution is 8.00. The molecule has 0 heterocycles. The molecule has 1 amide bonds. The minimum absolute atomic E-state index is 0.144. The van der Waals surface area contributed by atoms with Gasteiger partial charge >= 0.3 is 5.97 Å². The van der Waals surface area contributed by atoms with Crippen molar-refractivity contribution in [1.29, 1.82) is 0 Å². The van der Waals surface area contributed by atoms with Gasteiger partial charge in [-0.1, -0.05) is 12.1 Å². The number of carbonyl (C=O) groups is 2. The van der Waals surface area contributed by atoms with E-state index < -0.39 is 5.97 Å². The number of hydrogen-bond acceptors (Lipinski definition) is 6. The fraction of sp³-hybridized carbons (Fsp3) is 0.300. The van der Waals surface area contributed by atoms with Crippen molar-refractivity contribution in [3.8, 4) is 5.75 Å². The van der Waals surface area contributed by atoms with E-state index in [-0.39, 0.29) is 18.3 Å². The maximum absolute atomic E-state index is 11.8. The zero-order valence-corrected chi connectivity index (χ0v) is 16.5. The van der Waals surface area contributed by atoms with E-state index in [1.807, 2.05) is 67.5 Å². The number of esters is 1. The number of benzene rings is 2. The Morgan fingerprint density at radius 1 is 1.04 bits per heavy atom. The third-order valence-corrected chi connectivity index (χ3v) is 4.71. The van der Waals surface area contributed by atoms with E-state index in [4.69, 9.17) is 9.47 Å². The lowest BCUT2D eigenvalue weighted by atomic mass is 10.2. The average molecular weight is 388 g/mol. The molecule has 0 atom stereocenters. The van der Waals surface area contributed by atoms with Crippen LogP contribution in [-0.4, -0.2) is 45.4 Å². The summed E-state index contributed by atoms with van der Waals surface area (Å²) in [5, 5.41) is 2.74. The summed E-state index contributed by atoms with van der Waals surface area (Å²) in [4.78, 5) is 26.5. The number of ether oxygens (including phenoxy) is 2. The molecule has 2 aromatic rings. The summed E-state index contributed by atoms with van der Waals surface area (Å²) in [5.74, 6) is 0.150. The first-order valence-electron chi connectivity index (χ1n) is 8.43. The van der Waals surface area contributed by atoms with Crippen LogP contribution in [-0.2, 0) is 20.9 Å². The van der Waals surface area contributed by atoms with E-state index in [2.05, 4.69) is 5.32 Å². The van der Waals surface area contributed by atoms with Gasteiger partial charge in [-0.05, 0) is 42.0 Å². The second-order valence-corrected chi connectivity index (χ2v) is 7.01. The Morgan fingerprint density at radius 2 is 1.70 bits per heavy atom. The van der Waals surface area contributed by atoms with Crippen LogP contribution in [0.1, 0.15) is 5.56 Å². The molecule has 0 aliphatic carbocycles. The van der Waals surface area contributed by atoms with Crippen LogP contribution in [0.2, 0.25) is 0 Å². The Kier molecular flexibility index (Phi) is 8.00. The van der Waals surface area contributed by atoms with Gasteiger partial charge < -0.3 is 19.7 Å². The van der Waals surface area contributed by atoms with Gasteiger partial charge in [-0.2, -0.15) is 0 Å². The summed E-state index contributed by atoms with van der Waals surface area (Å²) < 4.78 is 10.1. The summed E-state index contributed by atoms with van der Waals surface area (Å²) in [5.41, 5.74) is 2.07. The second-order valence-electron chi connectivity index (χ2n) is 5.96. The Bertz CT molecular complexity index is 746. The van der Waals surface area contributed by atoms with Crippen LogP contribution >= 0.6 is 11.8 Å². The highest BCUT2D eigenvalue weighted by Crippen LogP contribution is 2.21. The van der Waals surface area contributed by atoms with Gasteiger partial charge in [-0.15, -0.1) is 11.8 Å². The van der Waals surface area contributed by atoms with E-state index in [0.29, 0.717) is 6.54 Å². The molecule has 7 heteroatoms. The van der Waals surface area contributed by atoms with Gasteiger partial charge in [0.15, 0.2) is 6.61 Å². The summed E-state index contributed by atoms with van der Waals surface area (Å²) in [6.07, 6.45) is 0. The molecule has 0 aliphatic heterocycles. The van der Waals surface area contributed by atoms with Crippen LogP contribution in [0.4, 0.5) is 5.69 Å². The number of thioether (sulfide) groups is 1. The number of amides is 1. The predicted octanol–water partition coefficient (Wildman–Crippen LogP) is 2.71. The summed E-state index contributed by atoms with van der Waals surface area (Å²) >= 11 is 1.35. The molecular weight excluding hydrogens is 364 g/mol. The van der Waals surface area contributed by atoms with E-state index in [0.717, 1.165) is 21.9 Å². The monoisotopic (exact) mass is 388 g/mol. The molecule has 0 bridgehead atoms. The van der Waals surface area contributed by atoms with E-state index in [1.165, 1.54) is 11.8 Å². The third-order valence-electron chi connectivity index (χ3n) is 3.72. The minimum Gasteiger partial charge on any atom is -0.497 e. The van der Waals surface area contributed by atoms with Crippen molar-refractivity contribution < 1.29 is 19.1 Å². The zero-order valence-electron chi connectivity index (χ0n) is 15.7. The Morgan fingerprint density at radius 3 is 2.30 bits per heavy atom. The third kappa shape index (κ3) is 7.22. The van der Waals surface area contributed by atoms with Crippen LogP contribution in [0.25, 0.3) is 0 Å².